The summed E-state index contributed by atoms with van der Waals surface area (Å²) in [6.45, 7) is 2.73. The predicted octanol–water partition coefficient (Wildman–Crippen LogP) is 4.91. The van der Waals surface area contributed by atoms with Gasteiger partial charge in [-0.1, -0.05) is 66.4 Å². The van der Waals surface area contributed by atoms with E-state index in [1.807, 2.05) is 29.7 Å². The van der Waals surface area contributed by atoms with Crippen LogP contribution >= 0.6 is 11.8 Å². The van der Waals surface area contributed by atoms with Crippen molar-refractivity contribution in [2.75, 3.05) is 11.1 Å². The van der Waals surface area contributed by atoms with Crippen LogP contribution in [-0.2, 0) is 17.8 Å². The summed E-state index contributed by atoms with van der Waals surface area (Å²) in [5, 5.41) is 14.3. The van der Waals surface area contributed by atoms with Crippen LogP contribution < -0.4 is 5.32 Å². The number of anilines is 1. The molecule has 0 radical (unpaired) electrons. The van der Waals surface area contributed by atoms with E-state index < -0.39 is 5.82 Å². The SMILES string of the molecule is CCn1c(Cc2cccc3ccccc23)nnc1SCC(=O)Nc1ccccc1F. The quantitative estimate of drug-likeness (QED) is 0.432. The molecule has 0 atom stereocenters. The van der Waals surface area contributed by atoms with Crippen LogP contribution in [0.3, 0.4) is 0 Å². The summed E-state index contributed by atoms with van der Waals surface area (Å²) in [6.07, 6.45) is 0.657. The van der Waals surface area contributed by atoms with E-state index in [1.165, 1.54) is 40.2 Å². The van der Waals surface area contributed by atoms with Gasteiger partial charge >= 0.3 is 0 Å². The van der Waals surface area contributed by atoms with E-state index in [2.05, 4.69) is 39.8 Å². The number of hydrogen-bond donors (Lipinski definition) is 1. The standard InChI is InChI=1S/C23H21FN4OS/c1-2-28-21(14-17-10-7-9-16-8-3-4-11-18(16)17)26-27-23(28)30-15-22(29)25-20-13-6-5-12-19(20)24/h3-13H,2,14-15H2,1H3,(H,25,29). The first kappa shape index (κ1) is 20.1. The topological polar surface area (TPSA) is 59.8 Å². The third-order valence-electron chi connectivity index (χ3n) is 4.82. The van der Waals surface area contributed by atoms with Crippen LogP contribution in [0.4, 0.5) is 10.1 Å². The molecule has 0 saturated carbocycles. The maximum Gasteiger partial charge on any atom is 0.234 e. The number of para-hydroxylation sites is 1. The van der Waals surface area contributed by atoms with E-state index in [0.29, 0.717) is 18.1 Å². The molecule has 5 nitrogen and oxygen atoms in total. The van der Waals surface area contributed by atoms with Crippen molar-refractivity contribution in [3.63, 3.8) is 0 Å². The zero-order valence-electron chi connectivity index (χ0n) is 16.5. The molecule has 3 aromatic carbocycles. The Labute approximate surface area is 178 Å². The molecule has 0 fully saturated rings. The minimum absolute atomic E-state index is 0.126. The predicted molar refractivity (Wildman–Crippen MR) is 118 cm³/mol. The Bertz CT molecular complexity index is 1190. The van der Waals surface area contributed by atoms with Crippen LogP contribution in [0.2, 0.25) is 0 Å². The van der Waals surface area contributed by atoms with Crippen LogP contribution in [0, 0.1) is 5.82 Å². The minimum atomic E-state index is -0.454. The van der Waals surface area contributed by atoms with Gasteiger partial charge in [0.25, 0.3) is 0 Å². The number of benzene rings is 3. The summed E-state index contributed by atoms with van der Waals surface area (Å²) in [6, 6.07) is 20.6. The number of carbonyl (C=O) groups is 1. The summed E-state index contributed by atoms with van der Waals surface area (Å²) < 4.78 is 15.7. The molecule has 1 heterocycles. The summed E-state index contributed by atoms with van der Waals surface area (Å²) >= 11 is 1.29. The maximum absolute atomic E-state index is 13.7. The van der Waals surface area contributed by atoms with Gasteiger partial charge in [-0.05, 0) is 35.4 Å². The Kier molecular flexibility index (Phi) is 6.09. The molecule has 7 heteroatoms. The van der Waals surface area contributed by atoms with E-state index in [0.717, 1.165) is 5.82 Å². The summed E-state index contributed by atoms with van der Waals surface area (Å²) in [4.78, 5) is 12.2. The molecule has 0 spiro atoms. The summed E-state index contributed by atoms with van der Waals surface area (Å²) in [7, 11) is 0. The van der Waals surface area contributed by atoms with Gasteiger partial charge in [-0.3, -0.25) is 4.79 Å². The zero-order chi connectivity index (χ0) is 20.9. The Hall–Kier alpha value is -3.19. The average molecular weight is 421 g/mol. The molecule has 4 aromatic rings. The van der Waals surface area contributed by atoms with Crippen LogP contribution in [-0.4, -0.2) is 26.4 Å². The lowest BCUT2D eigenvalue weighted by atomic mass is 10.0. The average Bonchev–Trinajstić information content (AvgIpc) is 3.15. The first-order chi connectivity index (χ1) is 14.7. The molecule has 1 aromatic heterocycles. The molecule has 30 heavy (non-hydrogen) atoms. The number of halogens is 1. The third kappa shape index (κ3) is 4.36. The highest BCUT2D eigenvalue weighted by molar-refractivity contribution is 7.99. The molecular formula is C23H21FN4OS. The molecule has 0 aliphatic rings. The fraction of sp³-hybridized carbons (Fsp3) is 0.174. The van der Waals surface area contributed by atoms with Gasteiger partial charge in [0.05, 0.1) is 11.4 Å². The molecule has 1 N–H and O–H groups in total. The third-order valence-corrected chi connectivity index (χ3v) is 5.79. The van der Waals surface area contributed by atoms with Gasteiger partial charge in [0.1, 0.15) is 11.6 Å². The lowest BCUT2D eigenvalue weighted by Crippen LogP contribution is -2.15. The molecule has 0 bridgehead atoms. The lowest BCUT2D eigenvalue weighted by Gasteiger charge is -2.09. The lowest BCUT2D eigenvalue weighted by molar-refractivity contribution is -0.113. The van der Waals surface area contributed by atoms with Gasteiger partial charge < -0.3 is 9.88 Å². The first-order valence-electron chi connectivity index (χ1n) is 9.71. The first-order valence-corrected chi connectivity index (χ1v) is 10.7. The number of hydrogen-bond acceptors (Lipinski definition) is 4. The van der Waals surface area contributed by atoms with E-state index in [-0.39, 0.29) is 17.3 Å². The molecular weight excluding hydrogens is 399 g/mol. The summed E-state index contributed by atoms with van der Waals surface area (Å²) in [5.74, 6) is 0.239. The van der Waals surface area contributed by atoms with Crippen LogP contribution in [0.15, 0.2) is 71.9 Å². The highest BCUT2D eigenvalue weighted by Gasteiger charge is 2.15. The normalized spacial score (nSPS) is 11.0. The number of carbonyl (C=O) groups excluding carboxylic acids is 1. The monoisotopic (exact) mass is 420 g/mol. The molecule has 0 unspecified atom stereocenters. The summed E-state index contributed by atoms with van der Waals surface area (Å²) in [5.41, 5.74) is 1.36. The van der Waals surface area contributed by atoms with E-state index >= 15 is 0 Å². The van der Waals surface area contributed by atoms with Crippen molar-refractivity contribution in [1.29, 1.82) is 0 Å². The maximum atomic E-state index is 13.7. The van der Waals surface area contributed by atoms with E-state index in [9.17, 15) is 9.18 Å². The Morgan fingerprint density at radius 3 is 2.63 bits per heavy atom. The second-order valence-corrected chi connectivity index (χ2v) is 7.72. The Morgan fingerprint density at radius 2 is 1.80 bits per heavy atom. The van der Waals surface area contributed by atoms with Crippen molar-refractivity contribution >= 4 is 34.1 Å². The van der Waals surface area contributed by atoms with Crippen molar-refractivity contribution in [2.24, 2.45) is 0 Å². The van der Waals surface area contributed by atoms with E-state index in [1.54, 1.807) is 12.1 Å². The number of amides is 1. The fourth-order valence-corrected chi connectivity index (χ4v) is 4.19. The number of fused-ring (bicyclic) bond motifs is 1. The Balaban J connectivity index is 1.47. The van der Waals surface area contributed by atoms with Gasteiger partial charge in [0.2, 0.25) is 5.91 Å². The molecule has 0 aliphatic heterocycles. The smallest absolute Gasteiger partial charge is 0.234 e. The van der Waals surface area contributed by atoms with Crippen molar-refractivity contribution in [2.45, 2.75) is 25.0 Å². The number of aromatic nitrogens is 3. The molecule has 0 saturated heterocycles. The number of nitrogens with one attached hydrogen (secondary N) is 1. The van der Waals surface area contributed by atoms with Gasteiger partial charge in [-0.2, -0.15) is 0 Å². The van der Waals surface area contributed by atoms with Gasteiger partial charge in [0, 0.05) is 13.0 Å². The second kappa shape index (κ2) is 9.09. The molecule has 0 aliphatic carbocycles. The van der Waals surface area contributed by atoms with Crippen LogP contribution in [0.5, 0.6) is 0 Å². The van der Waals surface area contributed by atoms with E-state index in [4.69, 9.17) is 0 Å². The largest absolute Gasteiger partial charge is 0.323 e. The van der Waals surface area contributed by atoms with Crippen molar-refractivity contribution < 1.29 is 9.18 Å². The van der Waals surface area contributed by atoms with Crippen molar-refractivity contribution in [3.05, 3.63) is 83.9 Å². The number of rotatable bonds is 7. The molecule has 152 valence electrons. The second-order valence-electron chi connectivity index (χ2n) is 6.77. The molecule has 1 amide bonds. The van der Waals surface area contributed by atoms with Crippen molar-refractivity contribution in [3.8, 4) is 0 Å². The number of nitrogens with zero attached hydrogens (tertiary/aromatic N) is 3. The molecule has 4 rings (SSSR count). The highest BCUT2D eigenvalue weighted by atomic mass is 32.2. The zero-order valence-corrected chi connectivity index (χ0v) is 17.3. The van der Waals surface area contributed by atoms with Gasteiger partial charge in [-0.25, -0.2) is 4.39 Å². The van der Waals surface area contributed by atoms with Crippen molar-refractivity contribution in [1.82, 2.24) is 14.8 Å². The minimum Gasteiger partial charge on any atom is -0.323 e. The fourth-order valence-electron chi connectivity index (χ4n) is 3.37. The Morgan fingerprint density at radius 1 is 1.03 bits per heavy atom. The van der Waals surface area contributed by atoms with Gasteiger partial charge in [-0.15, -0.1) is 10.2 Å². The van der Waals surface area contributed by atoms with Gasteiger partial charge in [0.15, 0.2) is 5.16 Å². The highest BCUT2D eigenvalue weighted by Crippen LogP contribution is 2.23. The van der Waals surface area contributed by atoms with Crippen LogP contribution in [0.25, 0.3) is 10.8 Å². The van der Waals surface area contributed by atoms with Crippen LogP contribution in [0.1, 0.15) is 18.3 Å². The number of thioether (sulfide) groups is 1.